The van der Waals surface area contributed by atoms with Gasteiger partial charge in [-0.25, -0.2) is 9.97 Å². The van der Waals surface area contributed by atoms with Crippen LogP contribution in [0.3, 0.4) is 0 Å². The van der Waals surface area contributed by atoms with Gasteiger partial charge in [0.05, 0.1) is 23.6 Å². The van der Waals surface area contributed by atoms with Gasteiger partial charge in [-0.15, -0.1) is 11.3 Å². The van der Waals surface area contributed by atoms with Crippen LogP contribution in [0.5, 0.6) is 0 Å². The lowest BCUT2D eigenvalue weighted by Crippen LogP contribution is -2.33. The summed E-state index contributed by atoms with van der Waals surface area (Å²) >= 11 is 1.74. The molecule has 0 amide bonds. The first-order chi connectivity index (χ1) is 11.3. The fraction of sp³-hybridized carbons (Fsp3) is 0.412. The normalized spacial score (nSPS) is 19.3. The standard InChI is InChI=1S/C17H19N3O2S/c1-12-14(19-16(22-12)13-5-8-21-11-13)10-20-7-3-2-4-15(20)17-18-6-9-23-17/h5-6,8-9,11,15H,2-4,7,10H2,1H3/t15-/m0/s1. The van der Waals surface area contributed by atoms with E-state index in [9.17, 15) is 0 Å². The van der Waals surface area contributed by atoms with Gasteiger partial charge in [-0.2, -0.15) is 0 Å². The Bertz CT molecular complexity index is 749. The van der Waals surface area contributed by atoms with Crippen molar-refractivity contribution in [2.24, 2.45) is 0 Å². The number of hydrogen-bond donors (Lipinski definition) is 0. The smallest absolute Gasteiger partial charge is 0.229 e. The molecule has 6 heteroatoms. The second-order valence-electron chi connectivity index (χ2n) is 5.89. The van der Waals surface area contributed by atoms with Crippen molar-refractivity contribution in [2.75, 3.05) is 6.54 Å². The summed E-state index contributed by atoms with van der Waals surface area (Å²) in [5.41, 5.74) is 1.89. The third kappa shape index (κ3) is 2.96. The average molecular weight is 329 g/mol. The van der Waals surface area contributed by atoms with Crippen LogP contribution in [-0.2, 0) is 6.54 Å². The molecule has 0 N–H and O–H groups in total. The summed E-state index contributed by atoms with van der Waals surface area (Å²) in [5.74, 6) is 1.51. The van der Waals surface area contributed by atoms with E-state index in [1.807, 2.05) is 19.2 Å². The number of furan rings is 1. The van der Waals surface area contributed by atoms with Gasteiger partial charge in [-0.05, 0) is 32.4 Å². The Hall–Kier alpha value is -1.92. The minimum absolute atomic E-state index is 0.400. The summed E-state index contributed by atoms with van der Waals surface area (Å²) in [6.07, 6.45) is 8.85. The molecule has 0 saturated carbocycles. The van der Waals surface area contributed by atoms with Crippen molar-refractivity contribution < 1.29 is 8.83 Å². The Labute approximate surface area is 139 Å². The predicted molar refractivity (Wildman–Crippen MR) is 88.1 cm³/mol. The third-order valence-corrected chi connectivity index (χ3v) is 5.24. The van der Waals surface area contributed by atoms with E-state index in [1.54, 1.807) is 23.9 Å². The number of aryl methyl sites for hydroxylation is 1. The van der Waals surface area contributed by atoms with Gasteiger partial charge in [0.2, 0.25) is 5.89 Å². The highest BCUT2D eigenvalue weighted by Gasteiger charge is 2.27. The highest BCUT2D eigenvalue weighted by molar-refractivity contribution is 7.09. The molecule has 1 fully saturated rings. The summed E-state index contributed by atoms with van der Waals surface area (Å²) in [7, 11) is 0. The molecule has 3 aromatic rings. The number of likely N-dealkylation sites (tertiary alicyclic amines) is 1. The predicted octanol–water partition coefficient (Wildman–Crippen LogP) is 4.43. The molecule has 0 aromatic carbocycles. The topological polar surface area (TPSA) is 55.3 Å². The first-order valence-corrected chi connectivity index (χ1v) is 8.81. The highest BCUT2D eigenvalue weighted by Crippen LogP contribution is 2.34. The summed E-state index contributed by atoms with van der Waals surface area (Å²) in [4.78, 5) is 11.7. The molecule has 0 aliphatic carbocycles. The van der Waals surface area contributed by atoms with Crippen molar-refractivity contribution in [2.45, 2.75) is 38.8 Å². The van der Waals surface area contributed by atoms with Gasteiger partial charge in [0.1, 0.15) is 17.0 Å². The summed E-state index contributed by atoms with van der Waals surface area (Å²) in [6, 6.07) is 2.27. The van der Waals surface area contributed by atoms with Crippen molar-refractivity contribution in [3.05, 3.63) is 46.6 Å². The molecule has 4 heterocycles. The Kier molecular flexibility index (Phi) is 4.01. The molecular formula is C17H19N3O2S. The van der Waals surface area contributed by atoms with Gasteiger partial charge < -0.3 is 8.83 Å². The van der Waals surface area contributed by atoms with Crippen molar-refractivity contribution in [1.82, 2.24) is 14.9 Å². The van der Waals surface area contributed by atoms with Crippen LogP contribution in [0.4, 0.5) is 0 Å². The minimum atomic E-state index is 0.400. The molecular weight excluding hydrogens is 310 g/mol. The zero-order valence-corrected chi connectivity index (χ0v) is 13.9. The largest absolute Gasteiger partial charge is 0.472 e. The van der Waals surface area contributed by atoms with Crippen molar-refractivity contribution >= 4 is 11.3 Å². The van der Waals surface area contributed by atoms with Gasteiger partial charge in [-0.1, -0.05) is 6.42 Å². The molecule has 1 aliphatic rings. The van der Waals surface area contributed by atoms with Crippen LogP contribution in [0.25, 0.3) is 11.5 Å². The maximum absolute atomic E-state index is 5.82. The number of hydrogen-bond acceptors (Lipinski definition) is 6. The number of oxazole rings is 1. The van der Waals surface area contributed by atoms with Gasteiger partial charge in [-0.3, -0.25) is 4.90 Å². The molecule has 0 spiro atoms. The highest BCUT2D eigenvalue weighted by atomic mass is 32.1. The van der Waals surface area contributed by atoms with E-state index in [1.165, 1.54) is 24.3 Å². The van der Waals surface area contributed by atoms with Crippen LogP contribution in [0, 0.1) is 6.92 Å². The summed E-state index contributed by atoms with van der Waals surface area (Å²) in [5, 5.41) is 3.27. The number of aromatic nitrogens is 2. The van der Waals surface area contributed by atoms with E-state index in [0.29, 0.717) is 11.9 Å². The lowest BCUT2D eigenvalue weighted by molar-refractivity contribution is 0.138. The Morgan fingerprint density at radius 3 is 3.13 bits per heavy atom. The van der Waals surface area contributed by atoms with Gasteiger partial charge in [0, 0.05) is 18.1 Å². The quantitative estimate of drug-likeness (QED) is 0.709. The second kappa shape index (κ2) is 6.29. The molecule has 23 heavy (non-hydrogen) atoms. The molecule has 1 atom stereocenters. The van der Waals surface area contributed by atoms with Crippen LogP contribution in [0.2, 0.25) is 0 Å². The number of nitrogens with zero attached hydrogens (tertiary/aromatic N) is 3. The van der Waals surface area contributed by atoms with Crippen molar-refractivity contribution in [3.8, 4) is 11.5 Å². The van der Waals surface area contributed by atoms with Crippen molar-refractivity contribution in [3.63, 3.8) is 0 Å². The zero-order chi connectivity index (χ0) is 15.6. The monoisotopic (exact) mass is 329 g/mol. The first-order valence-electron chi connectivity index (χ1n) is 7.93. The zero-order valence-electron chi connectivity index (χ0n) is 13.1. The minimum Gasteiger partial charge on any atom is -0.472 e. The molecule has 4 rings (SSSR count). The summed E-state index contributed by atoms with van der Waals surface area (Å²) < 4.78 is 10.9. The number of thiazole rings is 1. The fourth-order valence-electron chi connectivity index (χ4n) is 3.14. The molecule has 5 nitrogen and oxygen atoms in total. The van der Waals surface area contributed by atoms with Crippen LogP contribution < -0.4 is 0 Å². The van der Waals surface area contributed by atoms with E-state index < -0.39 is 0 Å². The van der Waals surface area contributed by atoms with Crippen molar-refractivity contribution in [1.29, 1.82) is 0 Å². The SMILES string of the molecule is Cc1oc(-c2ccoc2)nc1CN1CCCC[C@H]1c1nccs1. The first kappa shape index (κ1) is 14.7. The van der Waals surface area contributed by atoms with E-state index in [2.05, 4.69) is 20.2 Å². The number of rotatable bonds is 4. The fourth-order valence-corrected chi connectivity index (χ4v) is 3.94. The molecule has 0 radical (unpaired) electrons. The Morgan fingerprint density at radius 1 is 1.39 bits per heavy atom. The van der Waals surface area contributed by atoms with Crippen LogP contribution >= 0.6 is 11.3 Å². The maximum atomic E-state index is 5.82. The average Bonchev–Trinajstić information content (AvgIpc) is 3.30. The lowest BCUT2D eigenvalue weighted by atomic mass is 10.0. The maximum Gasteiger partial charge on any atom is 0.229 e. The Balaban J connectivity index is 1.57. The van der Waals surface area contributed by atoms with Gasteiger partial charge >= 0.3 is 0 Å². The van der Waals surface area contributed by atoms with E-state index >= 15 is 0 Å². The molecule has 1 aliphatic heterocycles. The molecule has 0 unspecified atom stereocenters. The number of piperidine rings is 1. The molecule has 3 aromatic heterocycles. The van der Waals surface area contributed by atoms with E-state index in [0.717, 1.165) is 30.1 Å². The van der Waals surface area contributed by atoms with Gasteiger partial charge in [0.25, 0.3) is 0 Å². The third-order valence-electron chi connectivity index (χ3n) is 4.36. The second-order valence-corrected chi connectivity index (χ2v) is 6.81. The molecule has 0 bridgehead atoms. The van der Waals surface area contributed by atoms with Gasteiger partial charge in [0.15, 0.2) is 0 Å². The van der Waals surface area contributed by atoms with E-state index in [-0.39, 0.29) is 0 Å². The molecule has 1 saturated heterocycles. The van der Waals surface area contributed by atoms with E-state index in [4.69, 9.17) is 8.83 Å². The van der Waals surface area contributed by atoms with Crippen LogP contribution in [-0.4, -0.2) is 21.4 Å². The van der Waals surface area contributed by atoms with Crippen LogP contribution in [0.1, 0.15) is 41.8 Å². The Morgan fingerprint density at radius 2 is 2.35 bits per heavy atom. The molecule has 120 valence electrons. The van der Waals surface area contributed by atoms with Crippen LogP contribution in [0.15, 0.2) is 39.0 Å². The summed E-state index contributed by atoms with van der Waals surface area (Å²) in [6.45, 7) is 3.86. The lowest BCUT2D eigenvalue weighted by Gasteiger charge is -2.33.